The summed E-state index contributed by atoms with van der Waals surface area (Å²) in [6.45, 7) is 0. The molecule has 0 unspecified atom stereocenters. The second-order valence-corrected chi connectivity index (χ2v) is 5.89. The number of carbonyl (C=O) groups is 2. The summed E-state index contributed by atoms with van der Waals surface area (Å²) >= 11 is 0. The topological polar surface area (TPSA) is 87.5 Å². The lowest BCUT2D eigenvalue weighted by molar-refractivity contribution is 0.0691. The van der Waals surface area contributed by atoms with E-state index in [2.05, 4.69) is 4.98 Å². The molecule has 0 saturated carbocycles. The minimum absolute atomic E-state index is 0.0732. The lowest BCUT2D eigenvalue weighted by Crippen LogP contribution is -2.07. The van der Waals surface area contributed by atoms with Gasteiger partial charge >= 0.3 is 11.9 Å². The van der Waals surface area contributed by atoms with Gasteiger partial charge in [0.15, 0.2) is 0 Å². The van der Waals surface area contributed by atoms with Crippen LogP contribution < -0.4 is 0 Å². The minimum Gasteiger partial charge on any atom is -0.478 e. The van der Waals surface area contributed by atoms with Crippen LogP contribution in [0.15, 0.2) is 66.7 Å². The van der Waals surface area contributed by atoms with Crippen LogP contribution in [0.25, 0.3) is 32.8 Å². The van der Waals surface area contributed by atoms with Gasteiger partial charge in [-0.25, -0.2) is 14.6 Å². The minimum atomic E-state index is -1.26. The predicted octanol–water partition coefficient (Wildman–Crippen LogP) is 4.45. The van der Waals surface area contributed by atoms with Crippen LogP contribution in [0.2, 0.25) is 0 Å². The van der Waals surface area contributed by atoms with Crippen LogP contribution in [0.4, 0.5) is 0 Å². The molecule has 1 aromatic heterocycles. The van der Waals surface area contributed by atoms with Crippen LogP contribution in [-0.2, 0) is 0 Å². The second-order valence-electron chi connectivity index (χ2n) is 5.89. The highest BCUT2D eigenvalue weighted by atomic mass is 16.4. The van der Waals surface area contributed by atoms with E-state index in [1.807, 2.05) is 48.5 Å². The zero-order valence-corrected chi connectivity index (χ0v) is 13.5. The summed E-state index contributed by atoms with van der Waals surface area (Å²) in [6.07, 6.45) is 0. The summed E-state index contributed by atoms with van der Waals surface area (Å²) < 4.78 is 0. The molecule has 0 atom stereocenters. The monoisotopic (exact) mass is 343 g/mol. The molecule has 2 N–H and O–H groups in total. The smallest absolute Gasteiger partial charge is 0.354 e. The number of hydrogen-bond acceptors (Lipinski definition) is 3. The summed E-state index contributed by atoms with van der Waals surface area (Å²) in [7, 11) is 0. The van der Waals surface area contributed by atoms with Crippen LogP contribution in [0.3, 0.4) is 0 Å². The highest BCUT2D eigenvalue weighted by Crippen LogP contribution is 2.35. The third kappa shape index (κ3) is 2.46. The van der Waals surface area contributed by atoms with Gasteiger partial charge in [-0.05, 0) is 34.0 Å². The third-order valence-corrected chi connectivity index (χ3v) is 4.36. The summed E-state index contributed by atoms with van der Waals surface area (Å²) in [5.74, 6) is -2.45. The molecule has 26 heavy (non-hydrogen) atoms. The number of fused-ring (bicyclic) bond motifs is 2. The zero-order chi connectivity index (χ0) is 18.3. The van der Waals surface area contributed by atoms with E-state index in [0.717, 1.165) is 22.4 Å². The molecule has 5 heteroatoms. The van der Waals surface area contributed by atoms with Crippen LogP contribution in [0.1, 0.15) is 20.8 Å². The van der Waals surface area contributed by atoms with Crippen LogP contribution in [0, 0.1) is 0 Å². The van der Waals surface area contributed by atoms with Gasteiger partial charge in [-0.15, -0.1) is 0 Å². The van der Waals surface area contributed by atoms with Crippen molar-refractivity contribution >= 4 is 33.6 Å². The van der Waals surface area contributed by atoms with Crippen molar-refractivity contribution in [2.24, 2.45) is 0 Å². The third-order valence-electron chi connectivity index (χ3n) is 4.36. The van der Waals surface area contributed by atoms with Gasteiger partial charge in [0, 0.05) is 5.39 Å². The number of pyridine rings is 1. The number of rotatable bonds is 3. The fourth-order valence-corrected chi connectivity index (χ4v) is 3.25. The molecule has 3 aromatic carbocycles. The number of carboxylic acid groups (broad SMARTS) is 2. The Labute approximate surface area is 148 Å². The fourth-order valence-electron chi connectivity index (χ4n) is 3.25. The van der Waals surface area contributed by atoms with Gasteiger partial charge in [0.05, 0.1) is 11.1 Å². The van der Waals surface area contributed by atoms with Crippen molar-refractivity contribution in [3.8, 4) is 11.1 Å². The maximum Gasteiger partial charge on any atom is 0.354 e. The second kappa shape index (κ2) is 5.97. The predicted molar refractivity (Wildman–Crippen MR) is 98.6 cm³/mol. The fraction of sp³-hybridized carbons (Fsp3) is 0. The molecule has 0 radical (unpaired) electrons. The standard InChI is InChI=1S/C21H13NO4/c23-20(24)16-11-18(21(25)26)22-17-10-4-9-15(19(16)17)14-8-3-6-12-5-1-2-7-13(12)14/h1-11H,(H,23,24)(H,25,26). The molecule has 4 aromatic rings. The number of benzene rings is 3. The number of aromatic carboxylic acids is 2. The van der Waals surface area contributed by atoms with Gasteiger partial charge in [0.2, 0.25) is 0 Å². The number of nitrogens with zero attached hydrogens (tertiary/aromatic N) is 1. The molecule has 0 aliphatic rings. The van der Waals surface area contributed by atoms with Crippen molar-refractivity contribution in [3.05, 3.63) is 78.0 Å². The zero-order valence-electron chi connectivity index (χ0n) is 13.5. The van der Waals surface area contributed by atoms with Crippen molar-refractivity contribution in [1.82, 2.24) is 4.98 Å². The summed E-state index contributed by atoms with van der Waals surface area (Å²) in [6, 6.07) is 20.0. The molecule has 126 valence electrons. The van der Waals surface area contributed by atoms with E-state index in [4.69, 9.17) is 0 Å². The van der Waals surface area contributed by atoms with Crippen LogP contribution in [0.5, 0.6) is 0 Å². The normalized spacial score (nSPS) is 10.9. The van der Waals surface area contributed by atoms with Crippen LogP contribution in [-0.4, -0.2) is 27.1 Å². The molecule has 0 spiro atoms. The molecule has 0 fully saturated rings. The molecule has 0 aliphatic heterocycles. The Morgan fingerprint density at radius 2 is 1.46 bits per heavy atom. The largest absolute Gasteiger partial charge is 0.478 e. The van der Waals surface area contributed by atoms with E-state index in [1.54, 1.807) is 12.1 Å². The molecule has 0 saturated heterocycles. The maximum atomic E-state index is 11.8. The Bertz CT molecular complexity index is 1190. The van der Waals surface area contributed by atoms with E-state index in [0.29, 0.717) is 16.5 Å². The van der Waals surface area contributed by atoms with E-state index < -0.39 is 11.9 Å². The first kappa shape index (κ1) is 15.8. The van der Waals surface area contributed by atoms with Crippen molar-refractivity contribution in [2.45, 2.75) is 0 Å². The van der Waals surface area contributed by atoms with Gasteiger partial charge in [-0.2, -0.15) is 0 Å². The summed E-state index contributed by atoms with van der Waals surface area (Å²) in [5, 5.41) is 21.3. The average molecular weight is 343 g/mol. The Morgan fingerprint density at radius 1 is 0.769 bits per heavy atom. The Balaban J connectivity index is 2.14. The number of aromatic nitrogens is 1. The quantitative estimate of drug-likeness (QED) is 0.574. The molecule has 5 nitrogen and oxygen atoms in total. The first-order valence-corrected chi connectivity index (χ1v) is 7.95. The van der Waals surface area contributed by atoms with Crippen LogP contribution >= 0.6 is 0 Å². The van der Waals surface area contributed by atoms with Crippen molar-refractivity contribution in [1.29, 1.82) is 0 Å². The Hall–Kier alpha value is -3.73. The van der Waals surface area contributed by atoms with E-state index in [1.165, 1.54) is 0 Å². The van der Waals surface area contributed by atoms with E-state index >= 15 is 0 Å². The lowest BCUT2D eigenvalue weighted by atomic mass is 9.93. The van der Waals surface area contributed by atoms with Gasteiger partial charge in [0.1, 0.15) is 5.69 Å². The SMILES string of the molecule is O=C(O)c1cc(C(=O)O)c2c(-c3cccc4ccccc34)cccc2n1. The first-order chi connectivity index (χ1) is 12.6. The molecular weight excluding hydrogens is 330 g/mol. The van der Waals surface area contributed by atoms with Crippen molar-refractivity contribution < 1.29 is 19.8 Å². The Kier molecular flexibility index (Phi) is 3.62. The molecule has 4 rings (SSSR count). The van der Waals surface area contributed by atoms with Crippen molar-refractivity contribution in [3.63, 3.8) is 0 Å². The first-order valence-electron chi connectivity index (χ1n) is 7.95. The van der Waals surface area contributed by atoms with Gasteiger partial charge in [-0.1, -0.05) is 54.6 Å². The molecular formula is C21H13NO4. The summed E-state index contributed by atoms with van der Waals surface area (Å²) in [5.41, 5.74) is 1.57. The van der Waals surface area contributed by atoms with Crippen molar-refractivity contribution in [2.75, 3.05) is 0 Å². The molecule has 0 amide bonds. The molecule has 1 heterocycles. The number of carboxylic acids is 2. The highest BCUT2D eigenvalue weighted by Gasteiger charge is 2.19. The molecule has 0 bridgehead atoms. The lowest BCUT2D eigenvalue weighted by Gasteiger charge is -2.12. The highest BCUT2D eigenvalue weighted by molar-refractivity contribution is 6.13. The Morgan fingerprint density at radius 3 is 2.23 bits per heavy atom. The van der Waals surface area contributed by atoms with Gasteiger partial charge < -0.3 is 10.2 Å². The number of hydrogen-bond donors (Lipinski definition) is 2. The summed E-state index contributed by atoms with van der Waals surface area (Å²) in [4.78, 5) is 27.2. The molecule has 0 aliphatic carbocycles. The average Bonchev–Trinajstić information content (AvgIpc) is 2.66. The van der Waals surface area contributed by atoms with Gasteiger partial charge in [0.25, 0.3) is 0 Å². The van der Waals surface area contributed by atoms with E-state index in [9.17, 15) is 19.8 Å². The maximum absolute atomic E-state index is 11.8. The van der Waals surface area contributed by atoms with E-state index in [-0.39, 0.29) is 11.3 Å². The van der Waals surface area contributed by atoms with Gasteiger partial charge in [-0.3, -0.25) is 0 Å².